The third kappa shape index (κ3) is 5.98. The summed E-state index contributed by atoms with van der Waals surface area (Å²) in [6.45, 7) is 3.55. The Kier molecular flexibility index (Phi) is 7.64. The maximum atomic E-state index is 13.2. The number of nitrogens with zero attached hydrogens (tertiary/aromatic N) is 3. The number of fused-ring (bicyclic) bond motifs is 1. The maximum Gasteiger partial charge on any atom is 0.305 e. The molecule has 35 heavy (non-hydrogen) atoms. The molecule has 9 heteroatoms. The fourth-order valence-electron chi connectivity index (χ4n) is 4.32. The normalized spacial score (nSPS) is 13.4. The lowest BCUT2D eigenvalue weighted by Gasteiger charge is -2.18. The number of hydrogen-bond acceptors (Lipinski definition) is 6. The lowest BCUT2D eigenvalue weighted by atomic mass is 10.0. The summed E-state index contributed by atoms with van der Waals surface area (Å²) in [4.78, 5) is 33.5. The zero-order chi connectivity index (χ0) is 24.8. The molecule has 0 saturated carbocycles. The Bertz CT molecular complexity index is 1190. The second-order valence-electron chi connectivity index (χ2n) is 8.62. The lowest BCUT2D eigenvalue weighted by Crippen LogP contribution is -2.31. The van der Waals surface area contributed by atoms with Crippen molar-refractivity contribution >= 4 is 17.7 Å². The Morgan fingerprint density at radius 3 is 2.83 bits per heavy atom. The average molecular weight is 478 g/mol. The van der Waals surface area contributed by atoms with Gasteiger partial charge in [0.05, 0.1) is 19.6 Å². The summed E-state index contributed by atoms with van der Waals surface area (Å²) in [5.74, 6) is 0.0706. The number of anilines is 1. The highest BCUT2D eigenvalue weighted by Crippen LogP contribution is 2.22. The van der Waals surface area contributed by atoms with E-state index >= 15 is 0 Å². The lowest BCUT2D eigenvalue weighted by molar-refractivity contribution is -0.137. The maximum absolute atomic E-state index is 13.2. The van der Waals surface area contributed by atoms with Crippen LogP contribution in [0, 0.1) is 0 Å². The number of carboxylic acid groups (broad SMARTS) is 1. The number of pyridine rings is 2. The predicted molar refractivity (Wildman–Crippen MR) is 132 cm³/mol. The zero-order valence-corrected chi connectivity index (χ0v) is 20.1. The van der Waals surface area contributed by atoms with Crippen molar-refractivity contribution in [3.8, 4) is 5.88 Å². The topological polar surface area (TPSA) is 118 Å². The number of ether oxygens (including phenoxy) is 1. The molecule has 1 atom stereocenters. The number of carboxylic acids is 1. The Labute approximate surface area is 204 Å². The van der Waals surface area contributed by atoms with Crippen LogP contribution in [0.15, 0.2) is 42.7 Å². The second kappa shape index (κ2) is 11.0. The quantitative estimate of drug-likeness (QED) is 0.410. The van der Waals surface area contributed by atoms with Gasteiger partial charge in [-0.05, 0) is 61.4 Å². The molecule has 1 amide bonds. The average Bonchev–Trinajstić information content (AvgIpc) is 3.30. The number of amides is 1. The van der Waals surface area contributed by atoms with Gasteiger partial charge < -0.3 is 25.0 Å². The van der Waals surface area contributed by atoms with Crippen LogP contribution < -0.4 is 15.4 Å². The number of aromatic nitrogens is 3. The molecule has 3 aromatic heterocycles. The van der Waals surface area contributed by atoms with Gasteiger partial charge in [-0.2, -0.15) is 0 Å². The van der Waals surface area contributed by atoms with E-state index in [9.17, 15) is 14.7 Å². The molecule has 3 N–H and O–H groups in total. The first-order valence-electron chi connectivity index (χ1n) is 11.9. The molecule has 0 aliphatic carbocycles. The van der Waals surface area contributed by atoms with Crippen LogP contribution >= 0.6 is 0 Å². The largest absolute Gasteiger partial charge is 0.481 e. The van der Waals surface area contributed by atoms with E-state index in [1.807, 2.05) is 23.8 Å². The number of carbonyl (C=O) groups excluding carboxylic acids is 1. The van der Waals surface area contributed by atoms with Gasteiger partial charge in [-0.15, -0.1) is 0 Å². The minimum Gasteiger partial charge on any atom is -0.481 e. The van der Waals surface area contributed by atoms with Crippen molar-refractivity contribution in [1.29, 1.82) is 0 Å². The molecule has 9 nitrogen and oxygen atoms in total. The molecule has 3 aromatic rings. The van der Waals surface area contributed by atoms with Crippen LogP contribution in [0.2, 0.25) is 0 Å². The molecule has 1 aliphatic heterocycles. The van der Waals surface area contributed by atoms with Crippen LogP contribution in [-0.2, 0) is 30.6 Å². The molecule has 184 valence electrons. The minimum absolute atomic E-state index is 0.253. The smallest absolute Gasteiger partial charge is 0.305 e. The number of rotatable bonds is 10. The molecule has 1 unspecified atom stereocenters. The van der Waals surface area contributed by atoms with E-state index in [2.05, 4.69) is 27.8 Å². The van der Waals surface area contributed by atoms with E-state index in [4.69, 9.17) is 9.72 Å². The van der Waals surface area contributed by atoms with Crippen LogP contribution in [0.5, 0.6) is 5.88 Å². The van der Waals surface area contributed by atoms with Crippen molar-refractivity contribution < 1.29 is 19.4 Å². The first kappa shape index (κ1) is 24.3. The number of aliphatic carboxylic acids is 1. The van der Waals surface area contributed by atoms with Crippen LogP contribution in [0.3, 0.4) is 0 Å². The number of aryl methyl sites for hydroxylation is 4. The van der Waals surface area contributed by atoms with Crippen molar-refractivity contribution in [1.82, 2.24) is 19.9 Å². The van der Waals surface area contributed by atoms with Crippen LogP contribution in [0.25, 0.3) is 0 Å². The zero-order valence-electron chi connectivity index (χ0n) is 20.1. The first-order valence-corrected chi connectivity index (χ1v) is 11.9. The summed E-state index contributed by atoms with van der Waals surface area (Å²) >= 11 is 0. The monoisotopic (exact) mass is 477 g/mol. The van der Waals surface area contributed by atoms with Crippen molar-refractivity contribution in [2.45, 2.75) is 51.6 Å². The van der Waals surface area contributed by atoms with Gasteiger partial charge in [-0.1, -0.05) is 12.1 Å². The molecule has 4 rings (SSSR count). The van der Waals surface area contributed by atoms with E-state index in [1.165, 1.54) is 18.9 Å². The molecule has 0 aromatic carbocycles. The predicted octanol–water partition coefficient (Wildman–Crippen LogP) is 3.40. The Balaban J connectivity index is 1.46. The third-order valence-electron chi connectivity index (χ3n) is 6.20. The molecule has 0 saturated heterocycles. The van der Waals surface area contributed by atoms with E-state index in [0.717, 1.165) is 49.3 Å². The van der Waals surface area contributed by atoms with Crippen LogP contribution in [0.4, 0.5) is 5.82 Å². The standard InChI is InChI=1S/C26H31N5O4/c1-3-31-16-17(6-9-20-10-7-18-5-4-12-27-25(18)29-20)13-22(31)26(34)30-21(14-24(32)33)19-8-11-23(35-2)28-15-19/h7-8,10-11,13,15-16,21H,3-6,9,12,14H2,1-2H3,(H,27,29)(H,30,34)(H,32,33). The second-order valence-corrected chi connectivity index (χ2v) is 8.62. The van der Waals surface area contributed by atoms with Gasteiger partial charge >= 0.3 is 5.97 Å². The summed E-state index contributed by atoms with van der Waals surface area (Å²) in [5.41, 5.74) is 4.41. The highest BCUT2D eigenvalue weighted by atomic mass is 16.5. The van der Waals surface area contributed by atoms with Crippen molar-refractivity contribution in [2.75, 3.05) is 19.0 Å². The van der Waals surface area contributed by atoms with Gasteiger partial charge in [-0.3, -0.25) is 9.59 Å². The minimum atomic E-state index is -1.01. The Hall–Kier alpha value is -3.88. The number of hydrogen-bond donors (Lipinski definition) is 3. The molecule has 0 spiro atoms. The fraction of sp³-hybridized carbons (Fsp3) is 0.385. The highest BCUT2D eigenvalue weighted by Gasteiger charge is 2.22. The van der Waals surface area contributed by atoms with Gasteiger partial charge in [0, 0.05) is 37.2 Å². The first-order chi connectivity index (χ1) is 17.0. The summed E-state index contributed by atoms with van der Waals surface area (Å²) in [6.07, 6.45) is 6.96. The van der Waals surface area contributed by atoms with Gasteiger partial charge in [0.1, 0.15) is 11.5 Å². The number of nitrogens with one attached hydrogen (secondary N) is 2. The summed E-state index contributed by atoms with van der Waals surface area (Å²) in [5, 5.41) is 15.6. The van der Waals surface area contributed by atoms with E-state index < -0.39 is 12.0 Å². The van der Waals surface area contributed by atoms with Gasteiger partial charge in [0.25, 0.3) is 5.91 Å². The van der Waals surface area contributed by atoms with Gasteiger partial charge in [0.15, 0.2) is 0 Å². The number of methoxy groups -OCH3 is 1. The van der Waals surface area contributed by atoms with Gasteiger partial charge in [0.2, 0.25) is 5.88 Å². The van der Waals surface area contributed by atoms with E-state index in [1.54, 1.807) is 12.1 Å². The summed E-state index contributed by atoms with van der Waals surface area (Å²) in [7, 11) is 1.51. The Morgan fingerprint density at radius 1 is 1.26 bits per heavy atom. The molecule has 0 bridgehead atoms. The van der Waals surface area contributed by atoms with Crippen molar-refractivity contribution in [2.24, 2.45) is 0 Å². The van der Waals surface area contributed by atoms with Gasteiger partial charge in [-0.25, -0.2) is 9.97 Å². The molecule has 1 aliphatic rings. The van der Waals surface area contributed by atoms with Crippen LogP contribution in [-0.4, -0.2) is 45.2 Å². The fourth-order valence-corrected chi connectivity index (χ4v) is 4.32. The molecule has 4 heterocycles. The van der Waals surface area contributed by atoms with E-state index in [0.29, 0.717) is 23.7 Å². The van der Waals surface area contributed by atoms with Crippen molar-refractivity contribution in [3.05, 3.63) is 70.8 Å². The Morgan fingerprint density at radius 2 is 2.11 bits per heavy atom. The van der Waals surface area contributed by atoms with Crippen LogP contribution in [0.1, 0.15) is 58.7 Å². The SMILES string of the molecule is CCn1cc(CCc2ccc3c(n2)NCCC3)cc1C(=O)NC(CC(=O)O)c1ccc(OC)nc1. The van der Waals surface area contributed by atoms with E-state index in [-0.39, 0.29) is 12.3 Å². The molecule has 0 radical (unpaired) electrons. The molecular weight excluding hydrogens is 446 g/mol. The van der Waals surface area contributed by atoms with Crippen molar-refractivity contribution in [3.63, 3.8) is 0 Å². The summed E-state index contributed by atoms with van der Waals surface area (Å²) < 4.78 is 6.96. The molecular formula is C26H31N5O4. The summed E-state index contributed by atoms with van der Waals surface area (Å²) in [6, 6.07) is 8.75. The highest BCUT2D eigenvalue weighted by molar-refractivity contribution is 5.93. The third-order valence-corrected chi connectivity index (χ3v) is 6.20. The molecule has 0 fully saturated rings. The number of carbonyl (C=O) groups is 2.